The number of phenolic OH excluding ortho intramolecular Hbond substituents is 1. The molecule has 1 aliphatic rings. The number of nitro groups is 1. The third-order valence-corrected chi connectivity index (χ3v) is 7.05. The molecule has 2 unspecified atom stereocenters. The second kappa shape index (κ2) is 9.57. The van der Waals surface area contributed by atoms with Crippen molar-refractivity contribution in [3.63, 3.8) is 0 Å². The number of aliphatic imine (C=N–C) groups is 1. The molecule has 0 spiro atoms. The molecule has 3 aromatic rings. The number of benzene rings is 3. The van der Waals surface area contributed by atoms with Crippen LogP contribution in [-0.4, -0.2) is 22.3 Å². The van der Waals surface area contributed by atoms with Crippen LogP contribution in [0, 0.1) is 16.0 Å². The van der Waals surface area contributed by atoms with Crippen molar-refractivity contribution in [3.05, 3.63) is 105 Å². The Morgan fingerprint density at radius 2 is 1.58 bits per heavy atom. The molecule has 0 radical (unpaired) electrons. The first-order valence-corrected chi connectivity index (χ1v) is 11.6. The van der Waals surface area contributed by atoms with Gasteiger partial charge in [0.05, 0.1) is 11.0 Å². The third-order valence-electron chi connectivity index (χ3n) is 7.05. The Balaban J connectivity index is 1.90. The third kappa shape index (κ3) is 4.54. The fraction of sp³-hybridized carbons (Fsp3) is 0.321. The molecule has 0 saturated heterocycles. The lowest BCUT2D eigenvalue weighted by Crippen LogP contribution is -2.26. The SMILES string of the molecule is CC1CCCCC1N=Cc1cc([N+](=O)[O-])cc(C(C)(c2ccccc2)c2ccccc2)c1O. The Hall–Kier alpha value is -3.47. The van der Waals surface area contributed by atoms with Crippen molar-refractivity contribution < 1.29 is 10.0 Å². The van der Waals surface area contributed by atoms with E-state index in [1.165, 1.54) is 18.6 Å². The van der Waals surface area contributed by atoms with E-state index in [9.17, 15) is 15.2 Å². The van der Waals surface area contributed by atoms with Gasteiger partial charge in [-0.1, -0.05) is 80.4 Å². The normalized spacial score (nSPS) is 19.0. The highest BCUT2D eigenvalue weighted by atomic mass is 16.6. The molecule has 1 saturated carbocycles. The fourth-order valence-electron chi connectivity index (χ4n) is 4.94. The van der Waals surface area contributed by atoms with Crippen molar-refractivity contribution in [1.82, 2.24) is 0 Å². The van der Waals surface area contributed by atoms with E-state index in [1.807, 2.05) is 67.6 Å². The molecule has 5 heteroatoms. The Morgan fingerprint density at radius 1 is 1.00 bits per heavy atom. The molecule has 170 valence electrons. The molecule has 3 aromatic carbocycles. The number of nitro benzene ring substituents is 1. The minimum absolute atomic E-state index is 0.0306. The van der Waals surface area contributed by atoms with Gasteiger partial charge in [0.2, 0.25) is 0 Å². The zero-order valence-electron chi connectivity index (χ0n) is 19.1. The summed E-state index contributed by atoms with van der Waals surface area (Å²) in [6.45, 7) is 4.20. The maximum Gasteiger partial charge on any atom is 0.270 e. The van der Waals surface area contributed by atoms with Crippen LogP contribution < -0.4 is 0 Å². The predicted octanol–water partition coefficient (Wildman–Crippen LogP) is 6.65. The summed E-state index contributed by atoms with van der Waals surface area (Å²) in [7, 11) is 0. The van der Waals surface area contributed by atoms with Crippen LogP contribution >= 0.6 is 0 Å². The van der Waals surface area contributed by atoms with Gasteiger partial charge in [0.25, 0.3) is 5.69 Å². The van der Waals surface area contributed by atoms with E-state index in [1.54, 1.807) is 6.21 Å². The lowest BCUT2D eigenvalue weighted by Gasteiger charge is -2.32. The molecule has 33 heavy (non-hydrogen) atoms. The number of aromatic hydroxyl groups is 1. The maximum atomic E-state index is 11.9. The number of phenols is 1. The number of hydrogen-bond acceptors (Lipinski definition) is 4. The van der Waals surface area contributed by atoms with Crippen LogP contribution in [0.15, 0.2) is 77.8 Å². The first-order chi connectivity index (χ1) is 15.9. The molecule has 0 aliphatic heterocycles. The monoisotopic (exact) mass is 442 g/mol. The Labute approximate surface area is 195 Å². The van der Waals surface area contributed by atoms with Crippen LogP contribution in [0.4, 0.5) is 5.69 Å². The first kappa shape index (κ1) is 22.7. The Morgan fingerprint density at radius 3 is 2.12 bits per heavy atom. The average Bonchev–Trinajstić information content (AvgIpc) is 2.84. The molecule has 1 N–H and O–H groups in total. The quantitative estimate of drug-likeness (QED) is 0.201. The Bertz CT molecular complexity index is 1100. The van der Waals surface area contributed by atoms with E-state index in [0.717, 1.165) is 30.4 Å². The number of nitrogens with zero attached hydrogens (tertiary/aromatic N) is 2. The molecular weight excluding hydrogens is 412 g/mol. The van der Waals surface area contributed by atoms with Crippen molar-refractivity contribution in [3.8, 4) is 5.75 Å². The van der Waals surface area contributed by atoms with Crippen LogP contribution in [0.3, 0.4) is 0 Å². The van der Waals surface area contributed by atoms with E-state index < -0.39 is 10.3 Å². The summed E-state index contributed by atoms with van der Waals surface area (Å²) in [4.78, 5) is 16.2. The predicted molar refractivity (Wildman–Crippen MR) is 132 cm³/mol. The minimum atomic E-state index is -0.792. The van der Waals surface area contributed by atoms with Crippen LogP contribution in [0.5, 0.6) is 5.75 Å². The molecule has 0 bridgehead atoms. The summed E-state index contributed by atoms with van der Waals surface area (Å²) in [5.74, 6) is 0.497. The smallest absolute Gasteiger partial charge is 0.270 e. The second-order valence-electron chi connectivity index (χ2n) is 9.15. The highest BCUT2D eigenvalue weighted by molar-refractivity contribution is 5.86. The van der Waals surface area contributed by atoms with Crippen molar-refractivity contribution >= 4 is 11.9 Å². The van der Waals surface area contributed by atoms with Crippen molar-refractivity contribution in [1.29, 1.82) is 0 Å². The van der Waals surface area contributed by atoms with Crippen LogP contribution in [-0.2, 0) is 5.41 Å². The van der Waals surface area contributed by atoms with Gasteiger partial charge in [0, 0.05) is 34.9 Å². The Kier molecular flexibility index (Phi) is 6.59. The van der Waals surface area contributed by atoms with Crippen molar-refractivity contribution in [2.24, 2.45) is 10.9 Å². The minimum Gasteiger partial charge on any atom is -0.507 e. The van der Waals surface area contributed by atoms with Gasteiger partial charge in [-0.15, -0.1) is 0 Å². The zero-order chi connectivity index (χ0) is 23.4. The molecule has 0 aromatic heterocycles. The van der Waals surface area contributed by atoms with E-state index in [-0.39, 0.29) is 17.5 Å². The van der Waals surface area contributed by atoms with Crippen LogP contribution in [0.1, 0.15) is 61.8 Å². The highest BCUT2D eigenvalue weighted by Crippen LogP contribution is 2.45. The molecule has 0 amide bonds. The van der Waals surface area contributed by atoms with Crippen LogP contribution in [0.25, 0.3) is 0 Å². The van der Waals surface area contributed by atoms with E-state index in [2.05, 4.69) is 6.92 Å². The standard InChI is InChI=1S/C28H30N2O3/c1-20-11-9-10-16-26(20)29-19-21-17-24(30(32)33)18-25(27(21)31)28(2,22-12-5-3-6-13-22)23-14-7-4-8-15-23/h3-8,12-15,17-20,26,31H,9-11,16H2,1-2H3. The summed E-state index contributed by atoms with van der Waals surface area (Å²) >= 11 is 0. The summed E-state index contributed by atoms with van der Waals surface area (Å²) in [6, 6.07) is 22.7. The topological polar surface area (TPSA) is 75.7 Å². The lowest BCUT2D eigenvalue weighted by atomic mass is 9.70. The summed E-state index contributed by atoms with van der Waals surface area (Å²) in [5.41, 5.74) is 1.91. The van der Waals surface area contributed by atoms with Crippen molar-refractivity contribution in [2.45, 2.75) is 51.0 Å². The van der Waals surface area contributed by atoms with Gasteiger partial charge >= 0.3 is 0 Å². The molecule has 1 aliphatic carbocycles. The molecule has 0 heterocycles. The van der Waals surface area contributed by atoms with Gasteiger partial charge in [-0.3, -0.25) is 15.1 Å². The van der Waals surface area contributed by atoms with Gasteiger partial charge < -0.3 is 5.11 Å². The van der Waals surface area contributed by atoms with Gasteiger partial charge in [-0.25, -0.2) is 0 Å². The molecule has 5 nitrogen and oxygen atoms in total. The first-order valence-electron chi connectivity index (χ1n) is 11.6. The van der Waals surface area contributed by atoms with Crippen molar-refractivity contribution in [2.75, 3.05) is 0 Å². The summed E-state index contributed by atoms with van der Waals surface area (Å²) in [5, 5.41) is 23.3. The number of hydrogen-bond donors (Lipinski definition) is 1. The van der Waals surface area contributed by atoms with Crippen LogP contribution in [0.2, 0.25) is 0 Å². The summed E-state index contributed by atoms with van der Waals surface area (Å²) in [6.07, 6.45) is 6.12. The average molecular weight is 443 g/mol. The number of rotatable bonds is 6. The van der Waals surface area contributed by atoms with E-state index >= 15 is 0 Å². The van der Waals surface area contributed by atoms with Gasteiger partial charge in [0.15, 0.2) is 0 Å². The molecular formula is C28H30N2O3. The fourth-order valence-corrected chi connectivity index (χ4v) is 4.94. The number of non-ortho nitro benzene ring substituents is 1. The summed E-state index contributed by atoms with van der Waals surface area (Å²) < 4.78 is 0. The van der Waals surface area contributed by atoms with E-state index in [0.29, 0.717) is 17.0 Å². The molecule has 2 atom stereocenters. The maximum absolute atomic E-state index is 11.9. The zero-order valence-corrected chi connectivity index (χ0v) is 19.1. The van der Waals surface area contributed by atoms with Gasteiger partial charge in [-0.05, 0) is 36.8 Å². The van der Waals surface area contributed by atoms with E-state index in [4.69, 9.17) is 4.99 Å². The van der Waals surface area contributed by atoms with Gasteiger partial charge in [0.1, 0.15) is 5.75 Å². The lowest BCUT2D eigenvalue weighted by molar-refractivity contribution is -0.385. The molecule has 4 rings (SSSR count). The van der Waals surface area contributed by atoms with Gasteiger partial charge in [-0.2, -0.15) is 0 Å². The highest BCUT2D eigenvalue weighted by Gasteiger charge is 2.36. The molecule has 1 fully saturated rings. The second-order valence-corrected chi connectivity index (χ2v) is 9.15. The largest absolute Gasteiger partial charge is 0.507 e.